The SMILES string of the molecule is C/C=C\C=C(\c1ccccn1)c1cc(-c2n[nH]c3ccc(-c4ccncc4)nc23)[nH]c1C. The van der Waals surface area contributed by atoms with Crippen molar-refractivity contribution in [2.75, 3.05) is 0 Å². The standard InChI is InChI=1S/C26H22N6/c1-3-4-7-19(22-8-5-6-13-28-22)20-16-24(29-17(20)2)26-25-23(31-32-26)10-9-21(30-25)18-11-14-27-15-12-18/h3-16,29H,1-2H3,(H,31,32)/b4-3-,19-7+. The lowest BCUT2D eigenvalue weighted by atomic mass is 10.0. The van der Waals surface area contributed by atoms with Gasteiger partial charge in [-0.25, -0.2) is 4.98 Å². The first-order valence-electron chi connectivity index (χ1n) is 10.4. The number of nitrogens with one attached hydrogen (secondary N) is 2. The quantitative estimate of drug-likeness (QED) is 0.357. The number of fused-ring (bicyclic) bond motifs is 1. The Kier molecular flexibility index (Phi) is 5.17. The fourth-order valence-corrected chi connectivity index (χ4v) is 3.76. The van der Waals surface area contributed by atoms with Crippen LogP contribution >= 0.6 is 0 Å². The van der Waals surface area contributed by atoms with Crippen LogP contribution in [0.2, 0.25) is 0 Å². The molecule has 0 atom stereocenters. The summed E-state index contributed by atoms with van der Waals surface area (Å²) in [6, 6.07) is 16.0. The van der Waals surface area contributed by atoms with Crippen molar-refractivity contribution in [2.24, 2.45) is 0 Å². The molecule has 0 bridgehead atoms. The van der Waals surface area contributed by atoms with E-state index in [0.717, 1.165) is 56.2 Å². The molecule has 0 spiro atoms. The molecule has 0 radical (unpaired) electrons. The van der Waals surface area contributed by atoms with Gasteiger partial charge in [0.1, 0.15) is 11.2 Å². The van der Waals surface area contributed by atoms with Gasteiger partial charge in [-0.3, -0.25) is 15.1 Å². The largest absolute Gasteiger partial charge is 0.357 e. The normalized spacial score (nSPS) is 12.1. The highest BCUT2D eigenvalue weighted by atomic mass is 15.1. The van der Waals surface area contributed by atoms with Crippen molar-refractivity contribution < 1.29 is 0 Å². The molecule has 5 aromatic heterocycles. The monoisotopic (exact) mass is 418 g/mol. The molecule has 0 aliphatic rings. The molecule has 5 heterocycles. The van der Waals surface area contributed by atoms with Gasteiger partial charge in [0.15, 0.2) is 0 Å². The first-order chi connectivity index (χ1) is 15.7. The van der Waals surface area contributed by atoms with Crippen LogP contribution in [-0.4, -0.2) is 30.1 Å². The van der Waals surface area contributed by atoms with Gasteiger partial charge in [0.25, 0.3) is 0 Å². The Labute approximate surface area is 185 Å². The lowest BCUT2D eigenvalue weighted by Gasteiger charge is -2.05. The van der Waals surface area contributed by atoms with Crippen LogP contribution in [0.1, 0.15) is 23.9 Å². The second-order valence-electron chi connectivity index (χ2n) is 7.44. The number of nitrogens with zero attached hydrogens (tertiary/aromatic N) is 4. The average Bonchev–Trinajstić information content (AvgIpc) is 3.43. The number of hydrogen-bond donors (Lipinski definition) is 2. The summed E-state index contributed by atoms with van der Waals surface area (Å²) in [6.45, 7) is 4.07. The van der Waals surface area contributed by atoms with E-state index < -0.39 is 0 Å². The smallest absolute Gasteiger partial charge is 0.135 e. The molecule has 0 amide bonds. The molecule has 5 aromatic rings. The summed E-state index contributed by atoms with van der Waals surface area (Å²) in [5.74, 6) is 0. The van der Waals surface area contributed by atoms with Gasteiger partial charge >= 0.3 is 0 Å². The molecule has 0 aliphatic carbocycles. The van der Waals surface area contributed by atoms with Crippen LogP contribution in [0.4, 0.5) is 0 Å². The van der Waals surface area contributed by atoms with Crippen molar-refractivity contribution in [3.63, 3.8) is 0 Å². The summed E-state index contributed by atoms with van der Waals surface area (Å²) in [4.78, 5) is 17.1. The molecule has 32 heavy (non-hydrogen) atoms. The summed E-state index contributed by atoms with van der Waals surface area (Å²) in [7, 11) is 0. The Hall–Kier alpha value is -4.32. The molecule has 6 nitrogen and oxygen atoms in total. The van der Waals surface area contributed by atoms with Gasteiger partial charge in [0.2, 0.25) is 0 Å². The van der Waals surface area contributed by atoms with Gasteiger partial charge in [-0.1, -0.05) is 24.3 Å². The van der Waals surface area contributed by atoms with Crippen LogP contribution in [0, 0.1) is 6.92 Å². The van der Waals surface area contributed by atoms with E-state index in [0.29, 0.717) is 0 Å². The number of aryl methyl sites for hydroxylation is 1. The minimum atomic E-state index is 0.789. The number of allylic oxidation sites excluding steroid dienone is 3. The summed E-state index contributed by atoms with van der Waals surface area (Å²) in [6.07, 6.45) is 11.5. The van der Waals surface area contributed by atoms with Gasteiger partial charge in [0, 0.05) is 41.0 Å². The molecule has 0 fully saturated rings. The number of H-pyrrole nitrogens is 2. The van der Waals surface area contributed by atoms with Crippen molar-refractivity contribution in [3.05, 3.63) is 102 Å². The third-order valence-electron chi connectivity index (χ3n) is 5.34. The fraction of sp³-hybridized carbons (Fsp3) is 0.0769. The summed E-state index contributed by atoms with van der Waals surface area (Å²) < 4.78 is 0. The van der Waals surface area contributed by atoms with Crippen LogP contribution in [0.15, 0.2) is 85.3 Å². The Balaban J connectivity index is 1.62. The molecular weight excluding hydrogens is 396 g/mol. The van der Waals surface area contributed by atoms with E-state index in [9.17, 15) is 0 Å². The van der Waals surface area contributed by atoms with E-state index in [1.165, 1.54) is 0 Å². The topological polar surface area (TPSA) is 83.1 Å². The zero-order valence-electron chi connectivity index (χ0n) is 17.9. The number of hydrogen-bond acceptors (Lipinski definition) is 4. The molecule has 0 saturated carbocycles. The maximum Gasteiger partial charge on any atom is 0.135 e. The van der Waals surface area contributed by atoms with Crippen LogP contribution in [0.25, 0.3) is 39.3 Å². The second kappa shape index (κ2) is 8.43. The lowest BCUT2D eigenvalue weighted by Crippen LogP contribution is -1.91. The highest BCUT2D eigenvalue weighted by molar-refractivity contribution is 5.92. The van der Waals surface area contributed by atoms with Crippen LogP contribution in [0.5, 0.6) is 0 Å². The third kappa shape index (κ3) is 3.63. The lowest BCUT2D eigenvalue weighted by molar-refractivity contribution is 1.11. The number of rotatable bonds is 5. The molecule has 0 unspecified atom stereocenters. The molecule has 2 N–H and O–H groups in total. The van der Waals surface area contributed by atoms with Gasteiger partial charge in [-0.2, -0.15) is 5.10 Å². The summed E-state index contributed by atoms with van der Waals surface area (Å²) in [5.41, 5.74) is 9.41. The van der Waals surface area contributed by atoms with Gasteiger partial charge in [-0.05, 0) is 56.3 Å². The summed E-state index contributed by atoms with van der Waals surface area (Å²) in [5, 5.41) is 7.68. The molecule has 0 aliphatic heterocycles. The molecule has 6 heteroatoms. The van der Waals surface area contributed by atoms with E-state index >= 15 is 0 Å². The molecule has 0 aromatic carbocycles. The minimum Gasteiger partial charge on any atom is -0.357 e. The van der Waals surface area contributed by atoms with E-state index in [2.05, 4.69) is 44.2 Å². The van der Waals surface area contributed by atoms with Crippen molar-refractivity contribution in [1.82, 2.24) is 30.1 Å². The Morgan fingerprint density at radius 3 is 2.66 bits per heavy atom. The van der Waals surface area contributed by atoms with E-state index in [4.69, 9.17) is 4.98 Å². The van der Waals surface area contributed by atoms with Crippen LogP contribution < -0.4 is 0 Å². The first-order valence-corrected chi connectivity index (χ1v) is 10.4. The Morgan fingerprint density at radius 2 is 1.88 bits per heavy atom. The second-order valence-corrected chi connectivity index (χ2v) is 7.44. The maximum absolute atomic E-state index is 4.89. The molecular formula is C26H22N6. The zero-order valence-corrected chi connectivity index (χ0v) is 17.9. The molecule has 156 valence electrons. The highest BCUT2D eigenvalue weighted by Crippen LogP contribution is 2.32. The molecule has 0 saturated heterocycles. The predicted octanol–water partition coefficient (Wildman–Crippen LogP) is 5.73. The summed E-state index contributed by atoms with van der Waals surface area (Å²) >= 11 is 0. The first kappa shape index (κ1) is 19.6. The van der Waals surface area contributed by atoms with Gasteiger partial charge in [0.05, 0.1) is 22.6 Å². The Morgan fingerprint density at radius 1 is 1.00 bits per heavy atom. The maximum atomic E-state index is 4.89. The number of aromatic nitrogens is 6. The number of aromatic amines is 2. The zero-order chi connectivity index (χ0) is 21.9. The van der Waals surface area contributed by atoms with Crippen molar-refractivity contribution in [3.8, 4) is 22.6 Å². The number of pyridine rings is 3. The van der Waals surface area contributed by atoms with Crippen molar-refractivity contribution in [1.29, 1.82) is 0 Å². The van der Waals surface area contributed by atoms with E-state index in [-0.39, 0.29) is 0 Å². The average molecular weight is 419 g/mol. The minimum absolute atomic E-state index is 0.789. The highest BCUT2D eigenvalue weighted by Gasteiger charge is 2.17. The van der Waals surface area contributed by atoms with E-state index in [1.54, 1.807) is 12.4 Å². The van der Waals surface area contributed by atoms with Crippen LogP contribution in [-0.2, 0) is 0 Å². The predicted molar refractivity (Wildman–Crippen MR) is 128 cm³/mol. The van der Waals surface area contributed by atoms with Crippen molar-refractivity contribution >= 4 is 16.6 Å². The van der Waals surface area contributed by atoms with Gasteiger partial charge in [-0.15, -0.1) is 0 Å². The van der Waals surface area contributed by atoms with Gasteiger partial charge < -0.3 is 4.98 Å². The fourth-order valence-electron chi connectivity index (χ4n) is 3.76. The third-order valence-corrected chi connectivity index (χ3v) is 5.34. The van der Waals surface area contributed by atoms with Crippen molar-refractivity contribution in [2.45, 2.75) is 13.8 Å². The molecule has 5 rings (SSSR count). The Bertz CT molecular complexity index is 1430. The van der Waals surface area contributed by atoms with E-state index in [1.807, 2.05) is 67.7 Å². The van der Waals surface area contributed by atoms with Crippen LogP contribution in [0.3, 0.4) is 0 Å².